The highest BCUT2D eigenvalue weighted by molar-refractivity contribution is 5.69. The molecule has 2 aromatic rings. The van der Waals surface area contributed by atoms with Crippen molar-refractivity contribution >= 4 is 0 Å². The van der Waals surface area contributed by atoms with Gasteiger partial charge in [0.05, 0.1) is 0 Å². The Morgan fingerprint density at radius 1 is 1.30 bits per heavy atom. The number of rotatable bonds is 4. The number of nitrogens with one attached hydrogen (secondary N) is 1. The average Bonchev–Trinajstić information content (AvgIpc) is 2.69. The Morgan fingerprint density at radius 3 is 2.65 bits per heavy atom. The lowest BCUT2D eigenvalue weighted by Gasteiger charge is -2.12. The minimum Gasteiger partial charge on any atom is -0.405 e. The second-order valence-electron chi connectivity index (χ2n) is 4.25. The molecular weight excluding hydrogens is 271 g/mol. The van der Waals surface area contributed by atoms with Crippen molar-refractivity contribution in [3.63, 3.8) is 0 Å². The molecule has 0 spiro atoms. The van der Waals surface area contributed by atoms with Crippen LogP contribution in [0.25, 0.3) is 11.3 Å². The predicted molar refractivity (Wildman–Crippen MR) is 68.1 cm³/mol. The number of alkyl halides is 3. The molecule has 20 heavy (non-hydrogen) atoms. The number of hydrogen-bond acceptors (Lipinski definition) is 3. The van der Waals surface area contributed by atoms with Gasteiger partial charge >= 0.3 is 6.36 Å². The summed E-state index contributed by atoms with van der Waals surface area (Å²) >= 11 is 0. The van der Waals surface area contributed by atoms with Crippen LogP contribution < -0.4 is 10.1 Å². The second kappa shape index (κ2) is 5.54. The van der Waals surface area contributed by atoms with Gasteiger partial charge in [0, 0.05) is 30.9 Å². The first-order valence-corrected chi connectivity index (χ1v) is 5.93. The molecule has 4 nitrogen and oxygen atoms in total. The van der Waals surface area contributed by atoms with Crippen molar-refractivity contribution < 1.29 is 17.9 Å². The van der Waals surface area contributed by atoms with Gasteiger partial charge in [-0.25, -0.2) is 0 Å². The highest BCUT2D eigenvalue weighted by atomic mass is 19.4. The number of aromatic nitrogens is 2. The van der Waals surface area contributed by atoms with Crippen molar-refractivity contribution in [2.24, 2.45) is 7.05 Å². The highest BCUT2D eigenvalue weighted by Crippen LogP contribution is 2.34. The predicted octanol–water partition coefficient (Wildman–Crippen LogP) is 2.71. The molecule has 2 rings (SSSR count). The summed E-state index contributed by atoms with van der Waals surface area (Å²) in [6.45, 7) is 0.503. The smallest absolute Gasteiger partial charge is 0.405 e. The first-order chi connectivity index (χ1) is 9.40. The van der Waals surface area contributed by atoms with E-state index in [0.717, 1.165) is 5.56 Å². The standard InChI is InChI=1S/C13H14F3N3O/c1-17-7-9-8-19(2)18-12(9)10-5-3-4-6-11(10)20-13(14,15)16/h3-6,8,17H,7H2,1-2H3. The third kappa shape index (κ3) is 3.30. The monoisotopic (exact) mass is 285 g/mol. The van der Waals surface area contributed by atoms with E-state index in [1.165, 1.54) is 12.1 Å². The summed E-state index contributed by atoms with van der Waals surface area (Å²) in [7, 11) is 3.48. The molecule has 0 saturated carbocycles. The number of nitrogens with zero attached hydrogens (tertiary/aromatic N) is 2. The number of para-hydroxylation sites is 1. The van der Waals surface area contributed by atoms with Gasteiger partial charge in [-0.1, -0.05) is 12.1 Å². The van der Waals surface area contributed by atoms with Gasteiger partial charge < -0.3 is 10.1 Å². The first kappa shape index (κ1) is 14.4. The molecule has 0 amide bonds. The van der Waals surface area contributed by atoms with Gasteiger partial charge in [0.15, 0.2) is 0 Å². The average molecular weight is 285 g/mol. The van der Waals surface area contributed by atoms with E-state index in [2.05, 4.69) is 15.2 Å². The van der Waals surface area contributed by atoms with E-state index in [1.54, 1.807) is 37.1 Å². The molecule has 1 heterocycles. The fraction of sp³-hybridized carbons (Fsp3) is 0.308. The number of benzene rings is 1. The molecule has 0 bridgehead atoms. The van der Waals surface area contributed by atoms with Crippen LogP contribution in [0.1, 0.15) is 5.56 Å². The molecule has 0 aliphatic rings. The quantitative estimate of drug-likeness (QED) is 0.938. The number of hydrogen-bond donors (Lipinski definition) is 1. The third-order valence-electron chi connectivity index (χ3n) is 2.64. The fourth-order valence-corrected chi connectivity index (χ4v) is 1.96. The minimum atomic E-state index is -4.73. The van der Waals surface area contributed by atoms with Gasteiger partial charge in [-0.2, -0.15) is 5.10 Å². The molecule has 1 aromatic carbocycles. The lowest BCUT2D eigenvalue weighted by Crippen LogP contribution is -2.17. The lowest BCUT2D eigenvalue weighted by molar-refractivity contribution is -0.274. The molecule has 0 saturated heterocycles. The zero-order chi connectivity index (χ0) is 14.8. The Hall–Kier alpha value is -2.02. The Bertz CT molecular complexity index is 593. The van der Waals surface area contributed by atoms with Crippen LogP contribution in [-0.4, -0.2) is 23.2 Å². The second-order valence-corrected chi connectivity index (χ2v) is 4.25. The summed E-state index contributed by atoms with van der Waals surface area (Å²) in [5, 5.41) is 7.18. The van der Waals surface area contributed by atoms with Crippen molar-refractivity contribution in [2.75, 3.05) is 7.05 Å². The molecule has 0 radical (unpaired) electrons. The number of aryl methyl sites for hydroxylation is 1. The Balaban J connectivity index is 2.47. The van der Waals surface area contributed by atoms with Crippen LogP contribution in [-0.2, 0) is 13.6 Å². The number of ether oxygens (including phenoxy) is 1. The summed E-state index contributed by atoms with van der Waals surface area (Å²) < 4.78 is 42.9. The Kier molecular flexibility index (Phi) is 3.99. The van der Waals surface area contributed by atoms with Crippen LogP contribution in [0.3, 0.4) is 0 Å². The summed E-state index contributed by atoms with van der Waals surface area (Å²) in [6, 6.07) is 5.98. The SMILES string of the molecule is CNCc1cn(C)nc1-c1ccccc1OC(F)(F)F. The van der Waals surface area contributed by atoms with Crippen molar-refractivity contribution in [1.29, 1.82) is 0 Å². The summed E-state index contributed by atoms with van der Waals surface area (Å²) in [5.74, 6) is -0.254. The Morgan fingerprint density at radius 2 is 2.00 bits per heavy atom. The van der Waals surface area contributed by atoms with Crippen LogP contribution in [0, 0.1) is 0 Å². The van der Waals surface area contributed by atoms with E-state index >= 15 is 0 Å². The topological polar surface area (TPSA) is 39.1 Å². The largest absolute Gasteiger partial charge is 0.573 e. The summed E-state index contributed by atoms with van der Waals surface area (Å²) in [6.07, 6.45) is -2.97. The van der Waals surface area contributed by atoms with Crippen LogP contribution >= 0.6 is 0 Å². The summed E-state index contributed by atoms with van der Waals surface area (Å²) in [5.41, 5.74) is 1.59. The van der Waals surface area contributed by atoms with Gasteiger partial charge in [0.1, 0.15) is 11.4 Å². The lowest BCUT2D eigenvalue weighted by atomic mass is 10.1. The van der Waals surface area contributed by atoms with E-state index in [1.807, 2.05) is 0 Å². The maximum Gasteiger partial charge on any atom is 0.573 e. The van der Waals surface area contributed by atoms with Gasteiger partial charge in [0.25, 0.3) is 0 Å². The van der Waals surface area contributed by atoms with E-state index in [-0.39, 0.29) is 5.75 Å². The first-order valence-electron chi connectivity index (χ1n) is 5.93. The van der Waals surface area contributed by atoms with Gasteiger partial charge in [-0.15, -0.1) is 13.2 Å². The normalized spacial score (nSPS) is 11.7. The van der Waals surface area contributed by atoms with Crippen LogP contribution in [0.4, 0.5) is 13.2 Å². The third-order valence-corrected chi connectivity index (χ3v) is 2.64. The van der Waals surface area contributed by atoms with E-state index in [4.69, 9.17) is 0 Å². The number of halogens is 3. The molecule has 0 unspecified atom stereocenters. The molecule has 108 valence electrons. The molecule has 0 fully saturated rings. The maximum atomic E-state index is 12.4. The van der Waals surface area contributed by atoms with Crippen molar-refractivity contribution in [2.45, 2.75) is 12.9 Å². The molecule has 0 aliphatic heterocycles. The Labute approximate surface area is 114 Å². The van der Waals surface area contributed by atoms with Crippen LogP contribution in [0.2, 0.25) is 0 Å². The van der Waals surface area contributed by atoms with Crippen LogP contribution in [0.5, 0.6) is 5.75 Å². The zero-order valence-electron chi connectivity index (χ0n) is 11.0. The van der Waals surface area contributed by atoms with E-state index in [0.29, 0.717) is 17.8 Å². The molecular formula is C13H14F3N3O. The molecule has 1 N–H and O–H groups in total. The molecule has 0 aliphatic carbocycles. The van der Waals surface area contributed by atoms with Crippen LogP contribution in [0.15, 0.2) is 30.5 Å². The molecule has 0 atom stereocenters. The molecule has 7 heteroatoms. The van der Waals surface area contributed by atoms with E-state index < -0.39 is 6.36 Å². The maximum absolute atomic E-state index is 12.4. The van der Waals surface area contributed by atoms with Crippen molar-refractivity contribution in [1.82, 2.24) is 15.1 Å². The van der Waals surface area contributed by atoms with Gasteiger partial charge in [-0.3, -0.25) is 4.68 Å². The van der Waals surface area contributed by atoms with E-state index in [9.17, 15) is 13.2 Å². The van der Waals surface area contributed by atoms with Crippen molar-refractivity contribution in [3.05, 3.63) is 36.0 Å². The minimum absolute atomic E-state index is 0.254. The molecule has 1 aromatic heterocycles. The highest BCUT2D eigenvalue weighted by Gasteiger charge is 2.32. The zero-order valence-corrected chi connectivity index (χ0v) is 11.0. The van der Waals surface area contributed by atoms with Gasteiger partial charge in [0.2, 0.25) is 0 Å². The van der Waals surface area contributed by atoms with Crippen molar-refractivity contribution in [3.8, 4) is 17.0 Å². The summed E-state index contributed by atoms with van der Waals surface area (Å²) in [4.78, 5) is 0. The van der Waals surface area contributed by atoms with Gasteiger partial charge in [-0.05, 0) is 19.2 Å². The fourth-order valence-electron chi connectivity index (χ4n) is 1.96.